The first-order valence-electron chi connectivity index (χ1n) is 16.0. The minimum absolute atomic E-state index is 0.413. The average Bonchev–Trinajstić information content (AvgIpc) is 3.59. The van der Waals surface area contributed by atoms with Crippen LogP contribution in [0.15, 0.2) is 176 Å². The lowest BCUT2D eigenvalue weighted by Crippen LogP contribution is -2.26. The lowest BCUT2D eigenvalue weighted by molar-refractivity contribution is 0.794. The summed E-state index contributed by atoms with van der Waals surface area (Å²) in [5.74, 6) is 0. The van der Waals surface area contributed by atoms with Gasteiger partial charge in [0.1, 0.15) is 0 Å². The molecule has 0 amide bonds. The molecule has 2 aliphatic rings. The molecule has 0 saturated carbocycles. The van der Waals surface area contributed by atoms with E-state index in [4.69, 9.17) is 0 Å². The molecule has 1 unspecified atom stereocenters. The molecule has 8 aromatic rings. The Morgan fingerprint density at radius 3 is 1.76 bits per heavy atom. The van der Waals surface area contributed by atoms with Gasteiger partial charge in [-0.1, -0.05) is 140 Å². The number of hydrogen-bond donors (Lipinski definition) is 0. The largest absolute Gasteiger partial charge is 0.310 e. The van der Waals surface area contributed by atoms with Gasteiger partial charge in [0.25, 0.3) is 0 Å². The number of fused-ring (bicyclic) bond motifs is 13. The van der Waals surface area contributed by atoms with Crippen LogP contribution in [0.3, 0.4) is 0 Å². The van der Waals surface area contributed by atoms with Crippen LogP contribution in [0.2, 0.25) is 0 Å². The molecule has 10 rings (SSSR count). The Labute approximate surface area is 268 Å². The predicted molar refractivity (Wildman–Crippen MR) is 192 cm³/mol. The van der Waals surface area contributed by atoms with E-state index >= 15 is 0 Å². The van der Waals surface area contributed by atoms with Crippen LogP contribution >= 0.6 is 0 Å². The summed E-state index contributed by atoms with van der Waals surface area (Å²) in [6.45, 7) is 0. The Kier molecular flexibility index (Phi) is 5.27. The van der Waals surface area contributed by atoms with Gasteiger partial charge in [-0.25, -0.2) is 0 Å². The van der Waals surface area contributed by atoms with Crippen LogP contribution in [-0.4, -0.2) is 0 Å². The van der Waals surface area contributed by atoms with Gasteiger partial charge in [-0.3, -0.25) is 0 Å². The van der Waals surface area contributed by atoms with Crippen LogP contribution in [0.4, 0.5) is 17.1 Å². The van der Waals surface area contributed by atoms with Crippen molar-refractivity contribution in [2.24, 2.45) is 0 Å². The molecule has 46 heavy (non-hydrogen) atoms. The van der Waals surface area contributed by atoms with E-state index in [9.17, 15) is 0 Å². The van der Waals surface area contributed by atoms with E-state index in [0.717, 1.165) is 17.1 Å². The minimum Gasteiger partial charge on any atom is -0.310 e. The van der Waals surface area contributed by atoms with Gasteiger partial charge in [0.2, 0.25) is 0 Å². The topological polar surface area (TPSA) is 3.24 Å². The van der Waals surface area contributed by atoms with Crippen molar-refractivity contribution in [2.45, 2.75) is 5.41 Å². The van der Waals surface area contributed by atoms with Gasteiger partial charge in [-0.2, -0.15) is 0 Å². The molecule has 0 bridgehead atoms. The zero-order valence-corrected chi connectivity index (χ0v) is 25.2. The Balaban J connectivity index is 1.29. The van der Waals surface area contributed by atoms with E-state index < -0.39 is 5.41 Å². The molecule has 0 heterocycles. The molecule has 1 atom stereocenters. The maximum atomic E-state index is 2.47. The monoisotopic (exact) mass is 583 g/mol. The summed E-state index contributed by atoms with van der Waals surface area (Å²) >= 11 is 0. The van der Waals surface area contributed by atoms with Crippen molar-refractivity contribution in [3.05, 3.63) is 198 Å². The Morgan fingerprint density at radius 2 is 0.913 bits per heavy atom. The van der Waals surface area contributed by atoms with Crippen molar-refractivity contribution in [2.75, 3.05) is 4.90 Å². The molecule has 0 radical (unpaired) electrons. The lowest BCUT2D eigenvalue weighted by Gasteiger charge is -2.32. The van der Waals surface area contributed by atoms with Gasteiger partial charge in [0.15, 0.2) is 0 Å². The third-order valence-corrected chi connectivity index (χ3v) is 10.2. The van der Waals surface area contributed by atoms with Gasteiger partial charge < -0.3 is 4.90 Å². The molecular formula is C45H29N. The third-order valence-electron chi connectivity index (χ3n) is 10.2. The maximum Gasteiger partial charge on any atom is 0.0726 e. The maximum absolute atomic E-state index is 2.47. The fourth-order valence-corrected chi connectivity index (χ4v) is 8.37. The van der Waals surface area contributed by atoms with Gasteiger partial charge in [-0.05, 0) is 102 Å². The van der Waals surface area contributed by atoms with Crippen molar-refractivity contribution >= 4 is 38.6 Å². The average molecular weight is 584 g/mol. The highest BCUT2D eigenvalue weighted by Crippen LogP contribution is 2.64. The zero-order chi connectivity index (χ0) is 30.2. The highest BCUT2D eigenvalue weighted by molar-refractivity contribution is 6.06. The first kappa shape index (κ1) is 25.4. The van der Waals surface area contributed by atoms with Gasteiger partial charge in [0.05, 0.1) is 5.41 Å². The molecule has 0 saturated heterocycles. The summed E-state index contributed by atoms with van der Waals surface area (Å²) in [5.41, 5.74) is 13.8. The summed E-state index contributed by atoms with van der Waals surface area (Å²) < 4.78 is 0. The van der Waals surface area contributed by atoms with E-state index in [-0.39, 0.29) is 0 Å². The van der Waals surface area contributed by atoms with Crippen LogP contribution in [-0.2, 0) is 5.41 Å². The van der Waals surface area contributed by atoms with E-state index in [1.807, 2.05) is 0 Å². The second-order valence-electron chi connectivity index (χ2n) is 12.5. The molecule has 1 heteroatoms. The highest BCUT2D eigenvalue weighted by atomic mass is 15.1. The van der Waals surface area contributed by atoms with Crippen molar-refractivity contribution < 1.29 is 0 Å². The number of hydrogen-bond acceptors (Lipinski definition) is 1. The second-order valence-corrected chi connectivity index (χ2v) is 12.5. The first-order valence-corrected chi connectivity index (χ1v) is 16.0. The van der Waals surface area contributed by atoms with Crippen LogP contribution in [0.5, 0.6) is 0 Å². The van der Waals surface area contributed by atoms with Crippen LogP contribution < -0.4 is 4.90 Å². The highest BCUT2D eigenvalue weighted by Gasteiger charge is 2.52. The molecule has 2 aliphatic carbocycles. The Hall–Kier alpha value is -5.92. The molecule has 214 valence electrons. The Bertz CT molecular complexity index is 2490. The Morgan fingerprint density at radius 1 is 0.326 bits per heavy atom. The molecule has 0 fully saturated rings. The quantitative estimate of drug-likeness (QED) is 0.200. The second kappa shape index (κ2) is 9.54. The fraction of sp³-hybridized carbons (Fsp3) is 0.0222. The standard InChI is InChI=1S/C45H29N/c1-2-15-33(16-3-1)46(34-24-22-30-12-4-5-14-32(30)28-34)35-25-26-38-37-18-8-10-20-40(37)45(43(38)29-35)41-21-11-9-19-39(41)44-36-17-7-6-13-31(36)23-27-42(44)45/h1-29H. The minimum atomic E-state index is -0.413. The molecule has 0 aliphatic heterocycles. The summed E-state index contributed by atoms with van der Waals surface area (Å²) in [7, 11) is 0. The summed E-state index contributed by atoms with van der Waals surface area (Å²) in [6.07, 6.45) is 0. The number of benzene rings is 8. The third kappa shape index (κ3) is 3.35. The van der Waals surface area contributed by atoms with Gasteiger partial charge >= 0.3 is 0 Å². The normalized spacial score (nSPS) is 15.5. The van der Waals surface area contributed by atoms with Crippen molar-refractivity contribution in [1.29, 1.82) is 0 Å². The molecule has 1 spiro atoms. The van der Waals surface area contributed by atoms with Crippen LogP contribution in [0.25, 0.3) is 43.8 Å². The molecule has 8 aromatic carbocycles. The lowest BCUT2D eigenvalue weighted by atomic mass is 9.70. The number of nitrogens with zero attached hydrogens (tertiary/aromatic N) is 1. The first-order chi connectivity index (χ1) is 22.8. The zero-order valence-electron chi connectivity index (χ0n) is 25.2. The SMILES string of the molecule is c1ccc(N(c2ccc3c(c2)C2(c4ccccc4-3)c3ccccc3-c3c2ccc2ccccc32)c2ccc3ccccc3c2)cc1. The molecule has 0 aromatic heterocycles. The van der Waals surface area contributed by atoms with E-state index in [2.05, 4.69) is 181 Å². The smallest absolute Gasteiger partial charge is 0.0726 e. The molecule has 1 nitrogen and oxygen atoms in total. The number of anilines is 3. The molecular weight excluding hydrogens is 555 g/mol. The van der Waals surface area contributed by atoms with Crippen molar-refractivity contribution in [3.63, 3.8) is 0 Å². The van der Waals surface area contributed by atoms with Gasteiger partial charge in [-0.15, -0.1) is 0 Å². The van der Waals surface area contributed by atoms with Crippen molar-refractivity contribution in [3.8, 4) is 22.3 Å². The van der Waals surface area contributed by atoms with Crippen LogP contribution in [0, 0.1) is 0 Å². The van der Waals surface area contributed by atoms with E-state index in [1.165, 1.54) is 66.1 Å². The van der Waals surface area contributed by atoms with E-state index in [1.54, 1.807) is 0 Å². The fourth-order valence-electron chi connectivity index (χ4n) is 8.37. The summed E-state index contributed by atoms with van der Waals surface area (Å²) in [5, 5.41) is 5.07. The summed E-state index contributed by atoms with van der Waals surface area (Å²) in [6, 6.07) is 65.0. The number of rotatable bonds is 3. The predicted octanol–water partition coefficient (Wildman–Crippen LogP) is 11.8. The summed E-state index contributed by atoms with van der Waals surface area (Å²) in [4.78, 5) is 2.41. The van der Waals surface area contributed by atoms with Crippen LogP contribution in [0.1, 0.15) is 22.3 Å². The van der Waals surface area contributed by atoms with Gasteiger partial charge in [0, 0.05) is 17.1 Å². The van der Waals surface area contributed by atoms with Crippen molar-refractivity contribution in [1.82, 2.24) is 0 Å². The van der Waals surface area contributed by atoms with E-state index in [0.29, 0.717) is 0 Å². The molecule has 0 N–H and O–H groups in total. The number of para-hydroxylation sites is 1.